The molecule has 130 valence electrons. The van der Waals surface area contributed by atoms with Crippen molar-refractivity contribution in [3.05, 3.63) is 0 Å². The van der Waals surface area contributed by atoms with Gasteiger partial charge >= 0.3 is 11.9 Å². The second kappa shape index (κ2) is 6.45. The summed E-state index contributed by atoms with van der Waals surface area (Å²) in [7, 11) is 1.44. The molecule has 3 saturated carbocycles. The van der Waals surface area contributed by atoms with Crippen molar-refractivity contribution in [1.82, 2.24) is 0 Å². The van der Waals surface area contributed by atoms with E-state index in [2.05, 4.69) is 13.8 Å². The number of esters is 2. The number of ether oxygens (including phenoxy) is 2. The Balaban J connectivity index is 1.93. The van der Waals surface area contributed by atoms with Crippen LogP contribution in [0.3, 0.4) is 0 Å². The molecule has 0 amide bonds. The second-order valence-corrected chi connectivity index (χ2v) is 7.62. The molecule has 0 saturated heterocycles. The van der Waals surface area contributed by atoms with Crippen LogP contribution >= 0.6 is 0 Å². The predicted octanol–water partition coefficient (Wildman–Crippen LogP) is 3.29. The molecule has 0 spiro atoms. The van der Waals surface area contributed by atoms with Crippen molar-refractivity contribution < 1.29 is 19.1 Å². The van der Waals surface area contributed by atoms with E-state index in [1.165, 1.54) is 26.4 Å². The van der Waals surface area contributed by atoms with Crippen LogP contribution in [-0.2, 0) is 19.1 Å². The van der Waals surface area contributed by atoms with Gasteiger partial charge in [0.15, 0.2) is 0 Å². The zero-order valence-electron chi connectivity index (χ0n) is 14.8. The molecule has 3 rings (SSSR count). The highest BCUT2D eigenvalue weighted by Crippen LogP contribution is 2.67. The van der Waals surface area contributed by atoms with E-state index in [-0.39, 0.29) is 23.8 Å². The summed E-state index contributed by atoms with van der Waals surface area (Å²) in [6.07, 6.45) is 4.63. The van der Waals surface area contributed by atoms with Crippen LogP contribution in [0, 0.1) is 47.3 Å². The zero-order valence-corrected chi connectivity index (χ0v) is 14.8. The number of carbonyl (C=O) groups is 2. The maximum absolute atomic E-state index is 12.6. The van der Waals surface area contributed by atoms with Gasteiger partial charge in [0, 0.05) is 0 Å². The molecule has 0 radical (unpaired) electrons. The van der Waals surface area contributed by atoms with Crippen molar-refractivity contribution >= 4 is 11.9 Å². The van der Waals surface area contributed by atoms with Crippen LogP contribution in [-0.4, -0.2) is 25.7 Å². The Bertz CT molecular complexity index is 474. The third-order valence-electron chi connectivity index (χ3n) is 7.06. The molecule has 0 aliphatic heterocycles. The lowest BCUT2D eigenvalue weighted by Crippen LogP contribution is -2.44. The first kappa shape index (κ1) is 16.8. The summed E-state index contributed by atoms with van der Waals surface area (Å²) in [5, 5.41) is 0. The number of carbonyl (C=O) groups excluding carboxylic acids is 2. The van der Waals surface area contributed by atoms with Gasteiger partial charge in [-0.3, -0.25) is 9.59 Å². The second-order valence-electron chi connectivity index (χ2n) is 7.62. The van der Waals surface area contributed by atoms with E-state index in [1.807, 2.05) is 6.92 Å². The van der Waals surface area contributed by atoms with Crippen molar-refractivity contribution in [2.45, 2.75) is 46.5 Å². The summed E-state index contributed by atoms with van der Waals surface area (Å²) in [5.74, 6) is 2.30. The van der Waals surface area contributed by atoms with Crippen LogP contribution in [0.5, 0.6) is 0 Å². The average Bonchev–Trinajstić information content (AvgIpc) is 3.22. The van der Waals surface area contributed by atoms with Gasteiger partial charge in [0.1, 0.15) is 0 Å². The minimum atomic E-state index is -0.282. The van der Waals surface area contributed by atoms with E-state index in [4.69, 9.17) is 9.47 Å². The van der Waals surface area contributed by atoms with Gasteiger partial charge in [0.05, 0.1) is 25.6 Å². The van der Waals surface area contributed by atoms with Crippen LogP contribution in [0.4, 0.5) is 0 Å². The lowest BCUT2D eigenvalue weighted by molar-refractivity contribution is -0.164. The molecule has 8 unspecified atom stereocenters. The molecule has 4 nitrogen and oxygen atoms in total. The number of methoxy groups -OCH3 is 1. The Morgan fingerprint density at radius 3 is 1.83 bits per heavy atom. The highest BCUT2D eigenvalue weighted by atomic mass is 16.5. The number of fused-ring (bicyclic) bond motifs is 5. The van der Waals surface area contributed by atoms with Crippen LogP contribution in [0.15, 0.2) is 0 Å². The minimum Gasteiger partial charge on any atom is -0.469 e. The topological polar surface area (TPSA) is 52.6 Å². The normalized spacial score (nSPS) is 44.2. The van der Waals surface area contributed by atoms with Crippen molar-refractivity contribution in [2.75, 3.05) is 13.7 Å². The van der Waals surface area contributed by atoms with Crippen molar-refractivity contribution in [1.29, 1.82) is 0 Å². The quantitative estimate of drug-likeness (QED) is 0.729. The van der Waals surface area contributed by atoms with Crippen molar-refractivity contribution in [3.63, 3.8) is 0 Å². The summed E-state index contributed by atoms with van der Waals surface area (Å²) < 4.78 is 10.4. The van der Waals surface area contributed by atoms with Crippen LogP contribution < -0.4 is 0 Å². The Kier molecular flexibility index (Phi) is 4.70. The molecule has 0 heterocycles. The van der Waals surface area contributed by atoms with E-state index in [9.17, 15) is 9.59 Å². The maximum Gasteiger partial charge on any atom is 0.310 e. The molecule has 3 aliphatic rings. The first-order valence-electron chi connectivity index (χ1n) is 9.33. The molecule has 8 atom stereocenters. The maximum atomic E-state index is 12.6. The highest BCUT2D eigenvalue weighted by Gasteiger charge is 2.67. The Hall–Kier alpha value is -1.06. The predicted molar refractivity (Wildman–Crippen MR) is 86.4 cm³/mol. The average molecular weight is 322 g/mol. The van der Waals surface area contributed by atoms with Crippen LogP contribution in [0.2, 0.25) is 0 Å². The first-order valence-corrected chi connectivity index (χ1v) is 9.33. The van der Waals surface area contributed by atoms with Gasteiger partial charge in [0.2, 0.25) is 0 Å². The Morgan fingerprint density at radius 1 is 0.870 bits per heavy atom. The highest BCUT2D eigenvalue weighted by molar-refractivity contribution is 5.84. The molecular formula is C19H30O4. The van der Waals surface area contributed by atoms with Gasteiger partial charge in [-0.05, 0) is 55.3 Å². The largest absolute Gasteiger partial charge is 0.469 e. The molecule has 0 aromatic carbocycles. The van der Waals surface area contributed by atoms with Gasteiger partial charge in [0.25, 0.3) is 0 Å². The van der Waals surface area contributed by atoms with Gasteiger partial charge in [-0.25, -0.2) is 0 Å². The van der Waals surface area contributed by atoms with E-state index >= 15 is 0 Å². The Morgan fingerprint density at radius 2 is 1.39 bits per heavy atom. The summed E-state index contributed by atoms with van der Waals surface area (Å²) in [6.45, 7) is 6.74. The first-order chi connectivity index (χ1) is 11.1. The zero-order chi connectivity index (χ0) is 16.7. The molecule has 4 heteroatoms. The summed E-state index contributed by atoms with van der Waals surface area (Å²) in [5.41, 5.74) is 0. The van der Waals surface area contributed by atoms with E-state index < -0.39 is 0 Å². The van der Waals surface area contributed by atoms with E-state index in [1.54, 1.807) is 0 Å². The summed E-state index contributed by atoms with van der Waals surface area (Å²) >= 11 is 0. The standard InChI is InChI=1S/C19H30O4/c1-5-10-8-11(6-2)15-13-9-12(14(10)15)16(18(20)22-4)17(13)19(21)23-7-3/h10-17H,5-9H2,1-4H3. The monoisotopic (exact) mass is 322 g/mol. The third-order valence-corrected chi connectivity index (χ3v) is 7.06. The van der Waals surface area contributed by atoms with Crippen LogP contribution in [0.1, 0.15) is 46.5 Å². The summed E-state index contributed by atoms with van der Waals surface area (Å²) in [6, 6.07) is 0. The van der Waals surface area contributed by atoms with Crippen LogP contribution in [0.25, 0.3) is 0 Å². The molecule has 23 heavy (non-hydrogen) atoms. The molecule has 0 aromatic heterocycles. The smallest absolute Gasteiger partial charge is 0.310 e. The van der Waals surface area contributed by atoms with Gasteiger partial charge < -0.3 is 9.47 Å². The lowest BCUT2D eigenvalue weighted by atomic mass is 9.65. The fourth-order valence-electron chi connectivity index (χ4n) is 6.43. The van der Waals surface area contributed by atoms with Gasteiger partial charge in [-0.15, -0.1) is 0 Å². The molecule has 2 bridgehead atoms. The molecule has 3 aliphatic carbocycles. The third kappa shape index (κ3) is 2.40. The van der Waals surface area contributed by atoms with Gasteiger partial charge in [-0.1, -0.05) is 26.7 Å². The fraction of sp³-hybridized carbons (Fsp3) is 0.895. The van der Waals surface area contributed by atoms with E-state index in [0.29, 0.717) is 42.1 Å². The fourth-order valence-corrected chi connectivity index (χ4v) is 6.43. The number of hydrogen-bond acceptors (Lipinski definition) is 4. The SMILES string of the molecule is CCOC(=O)C1C2CC(C1C(=O)OC)C1C(CC)CC(CC)C21. The number of hydrogen-bond donors (Lipinski definition) is 0. The van der Waals surface area contributed by atoms with Gasteiger partial charge in [-0.2, -0.15) is 0 Å². The molecule has 0 N–H and O–H groups in total. The van der Waals surface area contributed by atoms with E-state index in [0.717, 1.165) is 6.42 Å². The van der Waals surface area contributed by atoms with Crippen molar-refractivity contribution in [2.24, 2.45) is 47.3 Å². The molecular weight excluding hydrogens is 292 g/mol. The number of rotatable bonds is 5. The Labute approximate surface area is 139 Å². The summed E-state index contributed by atoms with van der Waals surface area (Å²) in [4.78, 5) is 25.0. The minimum absolute atomic E-state index is 0.177. The lowest BCUT2D eigenvalue weighted by Gasteiger charge is -2.38. The molecule has 3 fully saturated rings. The molecule has 0 aromatic rings. The van der Waals surface area contributed by atoms with Crippen molar-refractivity contribution in [3.8, 4) is 0 Å².